The number of nitrogens with zero attached hydrogens (tertiary/aromatic N) is 2. The van der Waals surface area contributed by atoms with Gasteiger partial charge in [-0.25, -0.2) is 9.59 Å². The predicted molar refractivity (Wildman–Crippen MR) is 100 cm³/mol. The number of carboxylic acids is 2. The summed E-state index contributed by atoms with van der Waals surface area (Å²) < 4.78 is 0. The molecule has 29 heavy (non-hydrogen) atoms. The summed E-state index contributed by atoms with van der Waals surface area (Å²) in [5.41, 5.74) is 0.358. The second-order valence-electron chi connectivity index (χ2n) is 7.07. The van der Waals surface area contributed by atoms with Crippen molar-refractivity contribution in [3.8, 4) is 5.75 Å². The quantitative estimate of drug-likeness (QED) is 0.310. The molecular formula is C18H18N3NaO7. The van der Waals surface area contributed by atoms with Crippen LogP contribution in [0.5, 0.6) is 5.75 Å². The first-order chi connectivity index (χ1) is 13.3. The van der Waals surface area contributed by atoms with Crippen molar-refractivity contribution >= 4 is 59.1 Å². The minimum absolute atomic E-state index is 0. The number of phenols is 1. The van der Waals surface area contributed by atoms with Gasteiger partial charge in [0.15, 0.2) is 0 Å². The maximum atomic E-state index is 12.7. The Hall–Kier alpha value is -2.56. The molecule has 4 rings (SSSR count). The van der Waals surface area contributed by atoms with Gasteiger partial charge in [0.05, 0.1) is 12.5 Å². The average molecular weight is 411 g/mol. The molecule has 2 fully saturated rings. The van der Waals surface area contributed by atoms with Crippen molar-refractivity contribution in [1.82, 2.24) is 9.80 Å². The Morgan fingerprint density at radius 2 is 1.79 bits per heavy atom. The molecule has 148 valence electrons. The zero-order valence-electron chi connectivity index (χ0n) is 14.5. The van der Waals surface area contributed by atoms with Gasteiger partial charge in [0.1, 0.15) is 17.5 Å². The van der Waals surface area contributed by atoms with Crippen LogP contribution < -0.4 is 5.32 Å². The SMILES string of the molecule is O=C(O)CC1=C(C(=O)O)N2C(=O)[C@@H]3[C@H]2[C@H](C1)CN3C(=O)Nc1ccc(O)cc1.[NaH]. The molecule has 0 unspecified atom stereocenters. The van der Waals surface area contributed by atoms with Crippen LogP contribution in [0.3, 0.4) is 0 Å². The van der Waals surface area contributed by atoms with Gasteiger partial charge in [0.25, 0.3) is 5.91 Å². The van der Waals surface area contributed by atoms with Crippen LogP contribution in [0.15, 0.2) is 35.5 Å². The number of rotatable bonds is 4. The first-order valence-electron chi connectivity index (χ1n) is 8.64. The third-order valence-corrected chi connectivity index (χ3v) is 5.39. The monoisotopic (exact) mass is 411 g/mol. The number of benzene rings is 1. The van der Waals surface area contributed by atoms with Gasteiger partial charge in [-0.2, -0.15) is 0 Å². The average Bonchev–Trinajstić information content (AvgIpc) is 2.98. The van der Waals surface area contributed by atoms with E-state index >= 15 is 0 Å². The standard InChI is InChI=1S/C18H17N3O7.Na.H/c22-11-3-1-10(2-4-11)19-18(28)20-7-9-5-8(6-12(23)24)14(17(26)27)21-13(9)15(20)16(21)25;;/h1-4,9,13,15,22H,5-7H2,(H,19,28)(H,23,24)(H,26,27);;/t9-,13-,15+;;/m1../s1. The van der Waals surface area contributed by atoms with Crippen LogP contribution in [0.2, 0.25) is 0 Å². The minimum atomic E-state index is -1.34. The molecule has 3 amide bonds. The number of phenolic OH excluding ortho intramolecular Hbond substituents is 1. The summed E-state index contributed by atoms with van der Waals surface area (Å²) in [6, 6.07) is 4.13. The number of amides is 3. The molecule has 0 aromatic heterocycles. The maximum absolute atomic E-state index is 12.7. The zero-order chi connectivity index (χ0) is 20.2. The molecule has 3 heterocycles. The molecule has 4 N–H and O–H groups in total. The van der Waals surface area contributed by atoms with Crippen LogP contribution in [-0.4, -0.2) is 97.2 Å². The third kappa shape index (κ3) is 3.47. The Labute approximate surface area is 187 Å². The van der Waals surface area contributed by atoms with Gasteiger partial charge in [-0.05, 0) is 36.3 Å². The van der Waals surface area contributed by atoms with Crippen LogP contribution in [0.25, 0.3) is 0 Å². The van der Waals surface area contributed by atoms with Crippen molar-refractivity contribution < 1.29 is 34.5 Å². The summed E-state index contributed by atoms with van der Waals surface area (Å²) in [5.74, 6) is -3.20. The Morgan fingerprint density at radius 1 is 1.14 bits per heavy atom. The van der Waals surface area contributed by atoms with Gasteiger partial charge in [0, 0.05) is 18.2 Å². The fourth-order valence-corrected chi connectivity index (χ4v) is 4.33. The normalized spacial score (nSPS) is 24.4. The number of nitrogens with one attached hydrogen (secondary N) is 1. The van der Waals surface area contributed by atoms with Crippen LogP contribution in [0, 0.1) is 5.92 Å². The molecule has 1 aromatic carbocycles. The molecule has 2 saturated heterocycles. The van der Waals surface area contributed by atoms with Gasteiger partial charge in [-0.1, -0.05) is 0 Å². The molecule has 1 aromatic rings. The second kappa shape index (κ2) is 7.69. The van der Waals surface area contributed by atoms with Crippen LogP contribution >= 0.6 is 0 Å². The van der Waals surface area contributed by atoms with Crippen molar-refractivity contribution in [2.24, 2.45) is 5.92 Å². The number of hydrogen-bond acceptors (Lipinski definition) is 5. The van der Waals surface area contributed by atoms with E-state index in [0.717, 1.165) is 4.90 Å². The number of urea groups is 1. The Bertz CT molecular complexity index is 930. The number of hydrogen-bond donors (Lipinski definition) is 4. The van der Waals surface area contributed by atoms with E-state index in [4.69, 9.17) is 5.11 Å². The Balaban J connectivity index is 0.00000240. The number of carbonyl (C=O) groups is 4. The number of aliphatic carboxylic acids is 2. The van der Waals surface area contributed by atoms with Crippen molar-refractivity contribution in [2.75, 3.05) is 11.9 Å². The Kier molecular flexibility index (Phi) is 5.61. The topological polar surface area (TPSA) is 147 Å². The molecule has 0 spiro atoms. The molecule has 0 aliphatic carbocycles. The van der Waals surface area contributed by atoms with E-state index in [-0.39, 0.29) is 65.5 Å². The van der Waals surface area contributed by atoms with Crippen LogP contribution in [0.4, 0.5) is 10.5 Å². The van der Waals surface area contributed by atoms with E-state index in [1.54, 1.807) is 0 Å². The van der Waals surface area contributed by atoms with Crippen molar-refractivity contribution in [3.05, 3.63) is 35.5 Å². The van der Waals surface area contributed by atoms with Gasteiger partial charge >= 0.3 is 47.5 Å². The summed E-state index contributed by atoms with van der Waals surface area (Å²) in [6.45, 7) is 0.220. The summed E-state index contributed by atoms with van der Waals surface area (Å²) in [7, 11) is 0. The molecule has 3 aliphatic rings. The zero-order valence-corrected chi connectivity index (χ0v) is 14.5. The van der Waals surface area contributed by atoms with Crippen molar-refractivity contribution in [1.29, 1.82) is 0 Å². The number of carbonyl (C=O) groups excluding carboxylic acids is 2. The molecule has 0 saturated carbocycles. The van der Waals surface area contributed by atoms with Gasteiger partial charge < -0.3 is 25.5 Å². The van der Waals surface area contributed by atoms with E-state index in [0.29, 0.717) is 5.69 Å². The van der Waals surface area contributed by atoms with E-state index in [1.807, 2.05) is 0 Å². The van der Waals surface area contributed by atoms with Gasteiger partial charge in [-0.3, -0.25) is 14.5 Å². The molecule has 0 radical (unpaired) electrons. The number of aromatic hydroxyl groups is 1. The van der Waals surface area contributed by atoms with E-state index < -0.39 is 42.4 Å². The van der Waals surface area contributed by atoms with Crippen LogP contribution in [0.1, 0.15) is 12.8 Å². The summed E-state index contributed by atoms with van der Waals surface area (Å²) in [6.07, 6.45) is -0.249. The predicted octanol–water partition coefficient (Wildman–Crippen LogP) is 0.00390. The third-order valence-electron chi connectivity index (χ3n) is 5.39. The second-order valence-corrected chi connectivity index (χ2v) is 7.07. The summed E-state index contributed by atoms with van der Waals surface area (Å²) in [5, 5.41) is 30.5. The van der Waals surface area contributed by atoms with Crippen molar-refractivity contribution in [2.45, 2.75) is 24.9 Å². The molecule has 3 atom stereocenters. The van der Waals surface area contributed by atoms with E-state index in [1.165, 1.54) is 29.2 Å². The number of anilines is 1. The van der Waals surface area contributed by atoms with E-state index in [9.17, 15) is 29.4 Å². The fraction of sp³-hybridized carbons (Fsp3) is 0.333. The van der Waals surface area contributed by atoms with Gasteiger partial charge in [0.2, 0.25) is 0 Å². The Morgan fingerprint density at radius 3 is 2.38 bits per heavy atom. The van der Waals surface area contributed by atoms with E-state index in [2.05, 4.69) is 5.32 Å². The molecule has 10 nitrogen and oxygen atoms in total. The molecule has 0 bridgehead atoms. The number of likely N-dealkylation sites (tertiary alicyclic amines) is 1. The first kappa shape index (κ1) is 21.2. The summed E-state index contributed by atoms with van der Waals surface area (Å²) >= 11 is 0. The molecule has 3 aliphatic heterocycles. The molecule has 11 heteroatoms. The number of carboxylic acid groups (broad SMARTS) is 2. The van der Waals surface area contributed by atoms with Crippen LogP contribution in [-0.2, 0) is 14.4 Å². The molecular weight excluding hydrogens is 393 g/mol. The fourth-order valence-electron chi connectivity index (χ4n) is 4.33. The first-order valence-corrected chi connectivity index (χ1v) is 8.64. The van der Waals surface area contributed by atoms with Gasteiger partial charge in [-0.15, -0.1) is 0 Å². The van der Waals surface area contributed by atoms with Crippen molar-refractivity contribution in [3.63, 3.8) is 0 Å². The number of β-lactam (4-membered cyclic amide) rings is 1. The summed E-state index contributed by atoms with van der Waals surface area (Å²) in [4.78, 5) is 50.5.